The van der Waals surface area contributed by atoms with Gasteiger partial charge >= 0.3 is 0 Å². The molecule has 7 heteroatoms. The predicted octanol–water partition coefficient (Wildman–Crippen LogP) is 3.33. The molecule has 2 saturated heterocycles. The van der Waals surface area contributed by atoms with E-state index in [1.54, 1.807) is 0 Å². The van der Waals surface area contributed by atoms with Gasteiger partial charge in [0.1, 0.15) is 5.82 Å². The first-order valence-electron chi connectivity index (χ1n) is 10.4. The van der Waals surface area contributed by atoms with Gasteiger partial charge in [0.2, 0.25) is 5.91 Å². The molecule has 0 radical (unpaired) electrons. The summed E-state index contributed by atoms with van der Waals surface area (Å²) in [4.78, 5) is 17.6. The summed E-state index contributed by atoms with van der Waals surface area (Å²) in [5.41, 5.74) is 1.28. The molecule has 2 aromatic rings. The van der Waals surface area contributed by atoms with E-state index in [4.69, 9.17) is 12.2 Å². The van der Waals surface area contributed by atoms with Crippen molar-refractivity contribution in [2.75, 3.05) is 19.6 Å². The molecule has 150 valence electrons. The van der Waals surface area contributed by atoms with Crippen molar-refractivity contribution in [3.8, 4) is 0 Å². The largest absolute Gasteiger partial charge is 0.341 e. The lowest BCUT2D eigenvalue weighted by Crippen LogP contribution is -2.48. The van der Waals surface area contributed by atoms with Gasteiger partial charge in [-0.05, 0) is 56.9 Å². The van der Waals surface area contributed by atoms with Gasteiger partial charge in [-0.3, -0.25) is 14.8 Å². The molecule has 2 aliphatic heterocycles. The average molecular weight is 400 g/mol. The SMILES string of the molecule is CCn1c(C2CCN(C(=O)C3CCCN3Cc3ccccc3)CC2)n[nH]c1=S. The number of nitrogens with one attached hydrogen (secondary N) is 1. The summed E-state index contributed by atoms with van der Waals surface area (Å²) >= 11 is 5.32. The molecule has 1 aromatic carbocycles. The number of aromatic nitrogens is 3. The molecule has 2 fully saturated rings. The van der Waals surface area contributed by atoms with Crippen LogP contribution < -0.4 is 0 Å². The van der Waals surface area contributed by atoms with Gasteiger partial charge in [-0.15, -0.1) is 0 Å². The molecule has 4 rings (SSSR count). The fourth-order valence-electron chi connectivity index (χ4n) is 4.63. The number of nitrogens with zero attached hydrogens (tertiary/aromatic N) is 4. The summed E-state index contributed by atoms with van der Waals surface area (Å²) in [6, 6.07) is 10.5. The van der Waals surface area contributed by atoms with Gasteiger partial charge in [0.25, 0.3) is 0 Å². The quantitative estimate of drug-likeness (QED) is 0.784. The third-order valence-corrected chi connectivity index (χ3v) is 6.46. The molecule has 28 heavy (non-hydrogen) atoms. The number of rotatable bonds is 5. The van der Waals surface area contributed by atoms with Crippen LogP contribution in [0, 0.1) is 4.77 Å². The zero-order valence-corrected chi connectivity index (χ0v) is 17.3. The van der Waals surface area contributed by atoms with E-state index in [-0.39, 0.29) is 6.04 Å². The van der Waals surface area contributed by atoms with Gasteiger partial charge in [-0.25, -0.2) is 0 Å². The highest BCUT2D eigenvalue weighted by Crippen LogP contribution is 2.29. The zero-order chi connectivity index (χ0) is 19.5. The fourth-order valence-corrected chi connectivity index (χ4v) is 4.90. The molecule has 6 nitrogen and oxygen atoms in total. The fraction of sp³-hybridized carbons (Fsp3) is 0.571. The maximum absolute atomic E-state index is 13.2. The van der Waals surface area contributed by atoms with E-state index in [0.717, 1.165) is 64.2 Å². The molecule has 1 unspecified atom stereocenters. The second kappa shape index (κ2) is 8.57. The molecule has 0 spiro atoms. The van der Waals surface area contributed by atoms with E-state index in [0.29, 0.717) is 16.6 Å². The molecule has 2 aliphatic rings. The lowest BCUT2D eigenvalue weighted by atomic mass is 9.95. The molecule has 0 saturated carbocycles. The highest BCUT2D eigenvalue weighted by atomic mass is 32.1. The van der Waals surface area contributed by atoms with Crippen LogP contribution in [0.2, 0.25) is 0 Å². The summed E-state index contributed by atoms with van der Waals surface area (Å²) in [5.74, 6) is 1.73. The van der Waals surface area contributed by atoms with Gasteiger partial charge in [0.05, 0.1) is 6.04 Å². The van der Waals surface area contributed by atoms with Crippen LogP contribution in [0.4, 0.5) is 0 Å². The summed E-state index contributed by atoms with van der Waals surface area (Å²) in [7, 11) is 0. The molecule has 0 aliphatic carbocycles. The van der Waals surface area contributed by atoms with Crippen LogP contribution in [0.5, 0.6) is 0 Å². The van der Waals surface area contributed by atoms with Crippen LogP contribution in [-0.2, 0) is 17.9 Å². The van der Waals surface area contributed by atoms with Gasteiger partial charge in [0, 0.05) is 32.1 Å². The first-order chi connectivity index (χ1) is 13.7. The molecule has 1 aromatic heterocycles. The zero-order valence-electron chi connectivity index (χ0n) is 16.5. The summed E-state index contributed by atoms with van der Waals surface area (Å²) in [6.45, 7) is 6.41. The Morgan fingerprint density at radius 1 is 1.18 bits per heavy atom. The third-order valence-electron chi connectivity index (χ3n) is 6.15. The van der Waals surface area contributed by atoms with E-state index in [9.17, 15) is 4.79 Å². The maximum atomic E-state index is 13.2. The molecular weight excluding hydrogens is 370 g/mol. The van der Waals surface area contributed by atoms with Gasteiger partial charge in [0.15, 0.2) is 4.77 Å². The highest BCUT2D eigenvalue weighted by Gasteiger charge is 2.35. The standard InChI is InChI=1S/C21H29N5OS/c1-2-26-19(22-23-21(26)28)17-10-13-24(14-11-17)20(27)18-9-6-12-25(18)15-16-7-4-3-5-8-16/h3-5,7-8,17-18H,2,6,9-15H2,1H3,(H,23,28). The molecule has 3 heterocycles. The van der Waals surface area contributed by atoms with Gasteiger partial charge in [-0.2, -0.15) is 5.10 Å². The second-order valence-corrected chi connectivity index (χ2v) is 8.23. The van der Waals surface area contributed by atoms with E-state index in [1.807, 2.05) is 6.07 Å². The van der Waals surface area contributed by atoms with Crippen LogP contribution in [0.1, 0.15) is 49.9 Å². The van der Waals surface area contributed by atoms with Crippen LogP contribution in [0.25, 0.3) is 0 Å². The highest BCUT2D eigenvalue weighted by molar-refractivity contribution is 7.71. The number of H-pyrrole nitrogens is 1. The molecule has 1 amide bonds. The minimum Gasteiger partial charge on any atom is -0.341 e. The van der Waals surface area contributed by atoms with Crippen molar-refractivity contribution in [1.82, 2.24) is 24.6 Å². The first kappa shape index (κ1) is 19.3. The molecular formula is C21H29N5OS. The van der Waals surface area contributed by atoms with Crippen LogP contribution in [0.3, 0.4) is 0 Å². The number of aromatic amines is 1. The smallest absolute Gasteiger partial charge is 0.239 e. The van der Waals surface area contributed by atoms with Crippen molar-refractivity contribution >= 4 is 18.1 Å². The Balaban J connectivity index is 1.37. The average Bonchev–Trinajstić information content (AvgIpc) is 3.34. The normalized spacial score (nSPS) is 21.3. The molecule has 1 atom stereocenters. The van der Waals surface area contributed by atoms with E-state index < -0.39 is 0 Å². The predicted molar refractivity (Wildman–Crippen MR) is 112 cm³/mol. The van der Waals surface area contributed by atoms with Crippen molar-refractivity contribution in [2.45, 2.75) is 57.7 Å². The molecule has 1 N–H and O–H groups in total. The summed E-state index contributed by atoms with van der Waals surface area (Å²) in [6.07, 6.45) is 3.98. The molecule has 0 bridgehead atoms. The summed E-state index contributed by atoms with van der Waals surface area (Å²) in [5, 5.41) is 7.37. The minimum absolute atomic E-state index is 0.0296. The van der Waals surface area contributed by atoms with E-state index in [2.05, 4.69) is 55.8 Å². The maximum Gasteiger partial charge on any atom is 0.239 e. The van der Waals surface area contributed by atoms with Crippen molar-refractivity contribution in [3.05, 3.63) is 46.5 Å². The van der Waals surface area contributed by atoms with E-state index >= 15 is 0 Å². The third kappa shape index (κ3) is 3.91. The number of carbonyl (C=O) groups excluding carboxylic acids is 1. The van der Waals surface area contributed by atoms with Gasteiger partial charge < -0.3 is 9.47 Å². The summed E-state index contributed by atoms with van der Waals surface area (Å²) < 4.78 is 2.77. The Hall–Kier alpha value is -1.99. The van der Waals surface area contributed by atoms with Crippen molar-refractivity contribution < 1.29 is 4.79 Å². The Kier molecular flexibility index (Phi) is 5.92. The first-order valence-corrected chi connectivity index (χ1v) is 10.8. The Morgan fingerprint density at radius 2 is 1.93 bits per heavy atom. The number of likely N-dealkylation sites (tertiary alicyclic amines) is 2. The number of carbonyl (C=O) groups is 1. The van der Waals surface area contributed by atoms with Crippen molar-refractivity contribution in [1.29, 1.82) is 0 Å². The lowest BCUT2D eigenvalue weighted by molar-refractivity contribution is -0.137. The lowest BCUT2D eigenvalue weighted by Gasteiger charge is -2.35. The van der Waals surface area contributed by atoms with Crippen molar-refractivity contribution in [2.24, 2.45) is 0 Å². The minimum atomic E-state index is 0.0296. The van der Waals surface area contributed by atoms with Crippen molar-refractivity contribution in [3.63, 3.8) is 0 Å². The number of hydrogen-bond donors (Lipinski definition) is 1. The number of amides is 1. The second-order valence-electron chi connectivity index (χ2n) is 7.84. The Bertz CT molecular complexity index is 853. The van der Waals surface area contributed by atoms with Crippen LogP contribution in [-0.4, -0.2) is 56.1 Å². The van der Waals surface area contributed by atoms with Crippen LogP contribution in [0.15, 0.2) is 30.3 Å². The van der Waals surface area contributed by atoms with E-state index in [1.165, 1.54) is 5.56 Å². The number of piperidine rings is 1. The number of benzene rings is 1. The topological polar surface area (TPSA) is 57.2 Å². The van der Waals surface area contributed by atoms with Crippen LogP contribution >= 0.6 is 12.2 Å². The number of hydrogen-bond acceptors (Lipinski definition) is 4. The Labute approximate surface area is 171 Å². The Morgan fingerprint density at radius 3 is 2.64 bits per heavy atom. The monoisotopic (exact) mass is 399 g/mol. The van der Waals surface area contributed by atoms with Gasteiger partial charge in [-0.1, -0.05) is 30.3 Å².